The van der Waals surface area contributed by atoms with Gasteiger partial charge in [-0.25, -0.2) is 0 Å². The molecule has 0 saturated carbocycles. The third kappa shape index (κ3) is 4.55. The molecule has 0 aromatic heterocycles. The van der Waals surface area contributed by atoms with E-state index in [9.17, 15) is 4.79 Å². The summed E-state index contributed by atoms with van der Waals surface area (Å²) in [6, 6.07) is 7.25. The van der Waals surface area contributed by atoms with E-state index in [2.05, 4.69) is 15.9 Å². The van der Waals surface area contributed by atoms with Gasteiger partial charge >= 0.3 is 0 Å². The molecule has 3 nitrogen and oxygen atoms in total. The minimum absolute atomic E-state index is 0.0209. The van der Waals surface area contributed by atoms with E-state index < -0.39 is 0 Å². The minimum Gasteiger partial charge on any atom is -0.382 e. The van der Waals surface area contributed by atoms with Gasteiger partial charge in [0, 0.05) is 17.1 Å². The molecule has 0 spiro atoms. The van der Waals surface area contributed by atoms with Crippen LogP contribution in [-0.4, -0.2) is 32.7 Å². The number of carbonyl (C=O) groups is 1. The monoisotopic (exact) mass is 272 g/mol. The standard InChI is InChI=1S/C11H13BrO3/c1-14-5-6-15-8-11(13)9-3-2-4-10(12)7-9/h2-4,7H,5-6,8H2,1H3. The number of methoxy groups -OCH3 is 1. The van der Waals surface area contributed by atoms with E-state index in [0.29, 0.717) is 18.8 Å². The number of rotatable bonds is 6. The summed E-state index contributed by atoms with van der Waals surface area (Å²) >= 11 is 3.31. The Balaban J connectivity index is 2.40. The summed E-state index contributed by atoms with van der Waals surface area (Å²) in [7, 11) is 1.60. The Morgan fingerprint density at radius 3 is 2.87 bits per heavy atom. The number of benzene rings is 1. The van der Waals surface area contributed by atoms with Gasteiger partial charge in [-0.15, -0.1) is 0 Å². The van der Waals surface area contributed by atoms with Gasteiger partial charge in [-0.05, 0) is 12.1 Å². The number of Topliss-reactive ketones (excluding diaryl/α,β-unsaturated/α-hetero) is 1. The van der Waals surface area contributed by atoms with E-state index in [0.717, 1.165) is 4.47 Å². The highest BCUT2D eigenvalue weighted by Gasteiger charge is 2.05. The van der Waals surface area contributed by atoms with Crippen LogP contribution >= 0.6 is 15.9 Å². The van der Waals surface area contributed by atoms with Crippen LogP contribution in [-0.2, 0) is 9.47 Å². The highest BCUT2D eigenvalue weighted by Crippen LogP contribution is 2.12. The molecule has 0 aliphatic carbocycles. The van der Waals surface area contributed by atoms with Crippen LogP contribution < -0.4 is 0 Å². The van der Waals surface area contributed by atoms with Gasteiger partial charge in [0.05, 0.1) is 13.2 Å². The van der Waals surface area contributed by atoms with E-state index in [4.69, 9.17) is 9.47 Å². The van der Waals surface area contributed by atoms with Crippen LogP contribution in [0.25, 0.3) is 0 Å². The van der Waals surface area contributed by atoms with Gasteiger partial charge in [0.1, 0.15) is 6.61 Å². The largest absolute Gasteiger partial charge is 0.382 e. The molecular formula is C11H13BrO3. The molecule has 0 bridgehead atoms. The topological polar surface area (TPSA) is 35.5 Å². The SMILES string of the molecule is COCCOCC(=O)c1cccc(Br)c1. The third-order valence-electron chi connectivity index (χ3n) is 1.81. The first-order chi connectivity index (χ1) is 7.24. The highest BCUT2D eigenvalue weighted by atomic mass is 79.9. The minimum atomic E-state index is -0.0209. The second-order valence-electron chi connectivity index (χ2n) is 2.98. The maximum absolute atomic E-state index is 11.6. The summed E-state index contributed by atoms with van der Waals surface area (Å²) in [5.74, 6) is -0.0209. The van der Waals surface area contributed by atoms with Crippen molar-refractivity contribution in [2.24, 2.45) is 0 Å². The predicted molar refractivity (Wildman–Crippen MR) is 61.2 cm³/mol. The van der Waals surface area contributed by atoms with Crippen LogP contribution in [0.3, 0.4) is 0 Å². The number of hydrogen-bond acceptors (Lipinski definition) is 3. The van der Waals surface area contributed by atoms with E-state index >= 15 is 0 Å². The quantitative estimate of drug-likeness (QED) is 0.589. The molecule has 0 aliphatic rings. The normalized spacial score (nSPS) is 10.3. The van der Waals surface area contributed by atoms with E-state index in [1.807, 2.05) is 12.1 Å². The molecule has 0 amide bonds. The summed E-state index contributed by atoms with van der Waals surface area (Å²) in [6.07, 6.45) is 0. The smallest absolute Gasteiger partial charge is 0.188 e. The van der Waals surface area contributed by atoms with Crippen molar-refractivity contribution in [1.82, 2.24) is 0 Å². The molecule has 82 valence electrons. The van der Waals surface area contributed by atoms with Gasteiger partial charge in [-0.2, -0.15) is 0 Å². The Morgan fingerprint density at radius 2 is 2.20 bits per heavy atom. The fourth-order valence-corrected chi connectivity index (χ4v) is 1.45. The molecule has 0 heterocycles. The molecular weight excluding hydrogens is 260 g/mol. The molecule has 0 unspecified atom stereocenters. The summed E-state index contributed by atoms with van der Waals surface area (Å²) in [5, 5.41) is 0. The summed E-state index contributed by atoms with van der Waals surface area (Å²) < 4.78 is 10.8. The van der Waals surface area contributed by atoms with Crippen molar-refractivity contribution in [3.05, 3.63) is 34.3 Å². The molecule has 0 aliphatic heterocycles. The first-order valence-electron chi connectivity index (χ1n) is 4.59. The Hall–Kier alpha value is -0.710. The molecule has 1 aromatic carbocycles. The van der Waals surface area contributed by atoms with Crippen molar-refractivity contribution in [2.75, 3.05) is 26.9 Å². The molecule has 1 aromatic rings. The van der Waals surface area contributed by atoms with Crippen LogP contribution in [0.1, 0.15) is 10.4 Å². The maximum Gasteiger partial charge on any atom is 0.188 e. The Morgan fingerprint density at radius 1 is 1.40 bits per heavy atom. The summed E-state index contributed by atoms with van der Waals surface area (Å²) in [4.78, 5) is 11.6. The number of hydrogen-bond donors (Lipinski definition) is 0. The fourth-order valence-electron chi connectivity index (χ4n) is 1.05. The number of halogens is 1. The lowest BCUT2D eigenvalue weighted by atomic mass is 10.1. The zero-order chi connectivity index (χ0) is 11.1. The zero-order valence-corrected chi connectivity index (χ0v) is 10.1. The number of ether oxygens (including phenoxy) is 2. The number of ketones is 1. The van der Waals surface area contributed by atoms with Crippen LogP contribution in [0.4, 0.5) is 0 Å². The number of carbonyl (C=O) groups excluding carboxylic acids is 1. The van der Waals surface area contributed by atoms with Crippen molar-refractivity contribution >= 4 is 21.7 Å². The van der Waals surface area contributed by atoms with Crippen molar-refractivity contribution in [2.45, 2.75) is 0 Å². The second-order valence-corrected chi connectivity index (χ2v) is 3.89. The van der Waals surface area contributed by atoms with E-state index in [1.165, 1.54) is 0 Å². The first kappa shape index (κ1) is 12.4. The third-order valence-corrected chi connectivity index (χ3v) is 2.30. The lowest BCUT2D eigenvalue weighted by molar-refractivity contribution is 0.0577. The van der Waals surface area contributed by atoms with Gasteiger partial charge in [-0.1, -0.05) is 28.1 Å². The molecule has 0 saturated heterocycles. The molecule has 4 heteroatoms. The average Bonchev–Trinajstić information content (AvgIpc) is 2.24. The predicted octanol–water partition coefficient (Wildman–Crippen LogP) is 2.29. The fraction of sp³-hybridized carbons (Fsp3) is 0.364. The maximum atomic E-state index is 11.6. The van der Waals surface area contributed by atoms with Gasteiger partial charge in [0.2, 0.25) is 0 Å². The molecule has 0 atom stereocenters. The molecule has 0 radical (unpaired) electrons. The van der Waals surface area contributed by atoms with Crippen LogP contribution in [0.5, 0.6) is 0 Å². The van der Waals surface area contributed by atoms with Crippen molar-refractivity contribution in [3.63, 3.8) is 0 Å². The van der Waals surface area contributed by atoms with Crippen LogP contribution in [0.2, 0.25) is 0 Å². The first-order valence-corrected chi connectivity index (χ1v) is 5.39. The Labute approximate surface area is 97.5 Å². The van der Waals surface area contributed by atoms with Crippen LogP contribution in [0.15, 0.2) is 28.7 Å². The molecule has 0 N–H and O–H groups in total. The van der Waals surface area contributed by atoms with Crippen molar-refractivity contribution in [1.29, 1.82) is 0 Å². The average molecular weight is 273 g/mol. The van der Waals surface area contributed by atoms with E-state index in [-0.39, 0.29) is 12.4 Å². The lowest BCUT2D eigenvalue weighted by Crippen LogP contribution is -2.11. The van der Waals surface area contributed by atoms with Gasteiger partial charge < -0.3 is 9.47 Å². The van der Waals surface area contributed by atoms with E-state index in [1.54, 1.807) is 19.2 Å². The van der Waals surface area contributed by atoms with Crippen molar-refractivity contribution < 1.29 is 14.3 Å². The molecule has 1 rings (SSSR count). The zero-order valence-electron chi connectivity index (χ0n) is 8.53. The summed E-state index contributed by atoms with van der Waals surface area (Å²) in [5.41, 5.74) is 0.654. The van der Waals surface area contributed by atoms with Gasteiger partial charge in [-0.3, -0.25) is 4.79 Å². The van der Waals surface area contributed by atoms with Crippen LogP contribution in [0, 0.1) is 0 Å². The summed E-state index contributed by atoms with van der Waals surface area (Å²) in [6.45, 7) is 1.04. The highest BCUT2D eigenvalue weighted by molar-refractivity contribution is 9.10. The molecule has 0 fully saturated rings. The van der Waals surface area contributed by atoms with Gasteiger partial charge in [0.15, 0.2) is 5.78 Å². The lowest BCUT2D eigenvalue weighted by Gasteiger charge is -2.03. The Kier molecular flexibility index (Phi) is 5.53. The Bertz CT molecular complexity index is 325. The van der Waals surface area contributed by atoms with Crippen molar-refractivity contribution in [3.8, 4) is 0 Å². The second kappa shape index (κ2) is 6.71. The van der Waals surface area contributed by atoms with Gasteiger partial charge in [0.25, 0.3) is 0 Å². The molecule has 15 heavy (non-hydrogen) atoms.